The second-order valence-corrected chi connectivity index (χ2v) is 24.0. The molecule has 4 aromatic rings. The molecule has 30 nitrogen and oxygen atoms in total. The fourth-order valence-corrected chi connectivity index (χ4v) is 8.09. The van der Waals surface area contributed by atoms with Crippen LogP contribution in [0.25, 0.3) is 34.4 Å². The number of aromatic nitrogens is 4. The molecule has 0 saturated carbocycles. The summed E-state index contributed by atoms with van der Waals surface area (Å²) < 4.78 is 47.8. The number of aliphatic carboxylic acids is 6. The average molecular weight is 1720 g/mol. The van der Waals surface area contributed by atoms with Gasteiger partial charge < -0.3 is 75.3 Å². The van der Waals surface area contributed by atoms with Crippen LogP contribution in [-0.2, 0) is 163 Å². The number of carboxylic acid groups (broad SMARTS) is 6. The molecule has 0 radical (unpaired) electrons. The SMILES string of the molecule is C=C(O)Cc1cccc(CC(=O)O)n1.C=C(O)Cc1cccc(CC(=O)O)n1.CCCCCCC[NH-].CCCCCCC[NH-].CCCCCCC[NH-].CCCCCC[NH-].CCCCCC[NH-].CCCCCC[NH-].O=C(O)Cc1cccc(CC(=O)O)n1.O=C(O)Cc1cccc(CC(=O)O)n1.[O]=[V+2].[O]=[V+2].[O]=[V][OH].[O]=[V][OH]. The number of allylic oxidation sites excluding steroid dienone is 2. The maximum atomic E-state index is 10.4. The summed E-state index contributed by atoms with van der Waals surface area (Å²) in [5, 5.41) is 68.9. The van der Waals surface area contributed by atoms with Crippen LogP contribution >= 0.6 is 0 Å². The van der Waals surface area contributed by atoms with E-state index in [2.05, 4.69) is 74.6 Å². The Bertz CT molecular complexity index is 2310. The van der Waals surface area contributed by atoms with Gasteiger partial charge in [0.2, 0.25) is 0 Å². The molecule has 0 aliphatic heterocycles. The predicted molar refractivity (Wildman–Crippen MR) is 417 cm³/mol. The average Bonchev–Trinajstić information content (AvgIpc) is 0.924. The van der Waals surface area contributed by atoms with Gasteiger partial charge in [-0.1, -0.05) is 252 Å². The molecule has 0 fully saturated rings. The van der Waals surface area contributed by atoms with Crippen LogP contribution in [0.1, 0.15) is 260 Å². The summed E-state index contributed by atoms with van der Waals surface area (Å²) in [5.74, 6) is -5.73. The quantitative estimate of drug-likeness (QED) is 0.0145. The van der Waals surface area contributed by atoms with Gasteiger partial charge in [-0.05, 0) is 48.5 Å². The van der Waals surface area contributed by atoms with Crippen molar-refractivity contribution in [2.75, 3.05) is 39.3 Å². The Morgan fingerprint density at radius 2 is 0.396 bits per heavy atom. The van der Waals surface area contributed by atoms with Crippen LogP contribution in [0.3, 0.4) is 0 Å². The molecule has 4 heterocycles. The van der Waals surface area contributed by atoms with Gasteiger partial charge in [0.25, 0.3) is 0 Å². The Morgan fingerprint density at radius 1 is 0.279 bits per heavy atom. The van der Waals surface area contributed by atoms with E-state index in [0.717, 1.165) is 73.3 Å². The maximum absolute atomic E-state index is 10.4. The molecule has 0 atom stereocenters. The van der Waals surface area contributed by atoms with Gasteiger partial charge >= 0.3 is 126 Å². The second kappa shape index (κ2) is 108. The van der Waals surface area contributed by atoms with E-state index in [1.165, 1.54) is 135 Å². The molecule has 0 unspecified atom stereocenters. The van der Waals surface area contributed by atoms with Crippen molar-refractivity contribution in [1.82, 2.24) is 19.9 Å². The first-order valence-corrected chi connectivity index (χ1v) is 40.7. The molecule has 0 aromatic carbocycles. The number of unbranched alkanes of at least 4 members (excludes halogenated alkanes) is 21. The standard InChI is InChI=1S/2C10H11NO3.2C9H9NO4.3C7H16N.3C6H14N.2H2O.4O.4V/c2*1-7(12)5-8-3-2-4-9(11-8)6-10(13)14;2*11-8(12)4-6-2-1-3-7(10-6)5-9(13)14;3*1-2-3-4-5-6-7-8;3*1-2-3-4-5-6-7;;;;;;;;;;/h2*2-4,12H,1,5-6H2,(H,13,14);2*1-3H,4-5H2,(H,11,12)(H,13,14);3*8H,2-7H2,1H3;3*7H,2-6H2,1H3;2*1H2;;;;;;;;/q;;;;6*-1;;;;;;;2*+1;2*+2/p-2. The molecule has 632 valence electrons. The van der Waals surface area contributed by atoms with Gasteiger partial charge in [0.1, 0.15) is 0 Å². The van der Waals surface area contributed by atoms with Crippen LogP contribution in [0.4, 0.5) is 0 Å². The van der Waals surface area contributed by atoms with Crippen molar-refractivity contribution < 1.29 is 160 Å². The molecular weight excluding hydrogens is 1590 g/mol. The molecule has 0 aliphatic rings. The Hall–Kier alpha value is -6.28. The van der Waals surface area contributed by atoms with Crippen molar-refractivity contribution in [2.24, 2.45) is 0 Å². The Labute approximate surface area is 694 Å². The number of rotatable bonds is 43. The molecule has 111 heavy (non-hydrogen) atoms. The summed E-state index contributed by atoms with van der Waals surface area (Å²) in [5.41, 5.74) is 44.6. The summed E-state index contributed by atoms with van der Waals surface area (Å²) in [4.78, 5) is 78.1. The van der Waals surface area contributed by atoms with E-state index in [-0.39, 0.29) is 62.9 Å². The number of pyridine rings is 4. The van der Waals surface area contributed by atoms with Gasteiger partial charge in [-0.2, -0.15) is 39.3 Å². The van der Waals surface area contributed by atoms with Crippen LogP contribution < -0.4 is 0 Å². The van der Waals surface area contributed by atoms with Crippen LogP contribution in [-0.4, -0.2) is 144 Å². The zero-order chi connectivity index (χ0) is 87.0. The Balaban J connectivity index is -0.000000127. The third-order valence-electron chi connectivity index (χ3n) is 13.2. The number of aliphatic hydroxyl groups excluding tert-OH is 2. The first kappa shape index (κ1) is 126. The molecule has 0 aliphatic carbocycles. The number of hydrogen-bond donors (Lipinski definition) is 10. The number of carboxylic acids is 6. The minimum atomic E-state index is -1.56. The monoisotopic (exact) mass is 1720 g/mol. The summed E-state index contributed by atoms with van der Waals surface area (Å²) in [6, 6.07) is 19.5. The molecular formula is C77H132N10O20V4-2. The fraction of sp³-hybridized carbons (Fsp3) is 0.610. The third-order valence-corrected chi connectivity index (χ3v) is 13.2. The van der Waals surface area contributed by atoms with Crippen molar-refractivity contribution in [3.63, 3.8) is 0 Å². The van der Waals surface area contributed by atoms with Crippen LogP contribution in [0.15, 0.2) is 97.5 Å². The molecule has 0 bridgehead atoms. The molecule has 0 amide bonds. The second-order valence-electron chi connectivity index (χ2n) is 23.5. The van der Waals surface area contributed by atoms with Crippen LogP contribution in [0.5, 0.6) is 0 Å². The van der Waals surface area contributed by atoms with Gasteiger partial charge in [0, 0.05) is 24.2 Å². The zero-order valence-electron chi connectivity index (χ0n) is 66.5. The predicted octanol–water partition coefficient (Wildman–Crippen LogP) is 18.6. The molecule has 16 N–H and O–H groups in total. The van der Waals surface area contributed by atoms with E-state index in [1.807, 2.05) is 0 Å². The molecule has 0 spiro atoms. The van der Waals surface area contributed by atoms with Gasteiger partial charge in [0.15, 0.2) is 0 Å². The molecule has 0 saturated heterocycles. The van der Waals surface area contributed by atoms with Crippen molar-refractivity contribution >= 4 is 35.8 Å². The number of hydrogen-bond acceptors (Lipinski definition) is 16. The van der Waals surface area contributed by atoms with E-state index in [4.69, 9.17) is 98.0 Å². The van der Waals surface area contributed by atoms with Crippen molar-refractivity contribution in [2.45, 2.75) is 266 Å². The Kier molecular flexibility index (Phi) is 122. The number of aliphatic hydroxyl groups is 2. The van der Waals surface area contributed by atoms with Crippen LogP contribution in [0, 0.1) is 0 Å². The van der Waals surface area contributed by atoms with Crippen molar-refractivity contribution in [3.05, 3.63) is 177 Å². The van der Waals surface area contributed by atoms with E-state index >= 15 is 0 Å². The summed E-state index contributed by atoms with van der Waals surface area (Å²) >= 11 is -1.00. The summed E-state index contributed by atoms with van der Waals surface area (Å²) in [7, 11) is 0. The van der Waals surface area contributed by atoms with Crippen molar-refractivity contribution in [3.8, 4) is 0 Å². The Morgan fingerprint density at radius 3 is 0.505 bits per heavy atom. The third kappa shape index (κ3) is 125. The van der Waals surface area contributed by atoms with E-state index in [1.54, 1.807) is 72.8 Å². The van der Waals surface area contributed by atoms with Gasteiger partial charge in [-0.15, -0.1) is 0 Å². The van der Waals surface area contributed by atoms with Gasteiger partial charge in [-0.3, -0.25) is 48.7 Å². The van der Waals surface area contributed by atoms with E-state index < -0.39 is 69.0 Å². The number of nitrogens with one attached hydrogen (secondary N) is 6. The minimum absolute atomic E-state index is 0.0185. The van der Waals surface area contributed by atoms with E-state index in [9.17, 15) is 28.8 Å². The topological polar surface area (TPSA) is 567 Å². The van der Waals surface area contributed by atoms with Gasteiger partial charge in [0.05, 0.1) is 84.2 Å². The first-order chi connectivity index (χ1) is 53.1. The normalized spacial score (nSPS) is 9.14. The number of carbonyl (C=O) groups is 6. The summed E-state index contributed by atoms with van der Waals surface area (Å²) in [6.45, 7) is 23.5. The van der Waals surface area contributed by atoms with E-state index in [0.29, 0.717) is 84.8 Å². The molecule has 34 heteroatoms. The summed E-state index contributed by atoms with van der Waals surface area (Å²) in [6.07, 6.45) is 33.3. The van der Waals surface area contributed by atoms with Gasteiger partial charge in [-0.25, -0.2) is 0 Å². The number of nitrogens with zero attached hydrogens (tertiary/aromatic N) is 4. The first-order valence-electron chi connectivity index (χ1n) is 37.1. The fourth-order valence-electron chi connectivity index (χ4n) is 8.09. The molecule has 4 rings (SSSR count). The van der Waals surface area contributed by atoms with Crippen LogP contribution in [0.2, 0.25) is 0 Å². The zero-order valence-corrected chi connectivity index (χ0v) is 72.1. The molecule has 4 aromatic heterocycles. The van der Waals surface area contributed by atoms with Crippen molar-refractivity contribution in [1.29, 1.82) is 0 Å².